The molecule has 3 aliphatic rings. The van der Waals surface area contributed by atoms with Crippen LogP contribution in [-0.2, 0) is 0 Å². The molecule has 15 aromatic rings. The van der Waals surface area contributed by atoms with E-state index in [0.717, 1.165) is 34.2 Å². The van der Waals surface area contributed by atoms with Crippen LogP contribution in [0.5, 0.6) is 11.5 Å². The van der Waals surface area contributed by atoms with E-state index in [2.05, 4.69) is 264 Å². The van der Waals surface area contributed by atoms with Gasteiger partial charge in [0.15, 0.2) is 0 Å². The second-order valence-corrected chi connectivity index (χ2v) is 23.1. The first-order valence-electron chi connectivity index (χ1n) is 28.1. The number of rotatable bonds is 3. The van der Waals surface area contributed by atoms with Crippen molar-refractivity contribution in [3.63, 3.8) is 0 Å². The summed E-state index contributed by atoms with van der Waals surface area (Å²) in [6, 6.07) is 83.2. The van der Waals surface area contributed by atoms with Crippen LogP contribution in [0.4, 0.5) is 0 Å². The van der Waals surface area contributed by atoms with Gasteiger partial charge in [-0.2, -0.15) is 0 Å². The van der Waals surface area contributed by atoms with E-state index in [-0.39, 0.29) is 18.5 Å². The van der Waals surface area contributed by atoms with Gasteiger partial charge in [-0.25, -0.2) is 0 Å². The van der Waals surface area contributed by atoms with Crippen molar-refractivity contribution in [3.05, 3.63) is 246 Å². The highest BCUT2D eigenvalue weighted by Crippen LogP contribution is 2.44. The van der Waals surface area contributed by atoms with Crippen molar-refractivity contribution >= 4 is 110 Å². The van der Waals surface area contributed by atoms with Gasteiger partial charge in [-0.1, -0.05) is 142 Å². The molecule has 2 atom stereocenters. The zero-order chi connectivity index (χ0) is 52.1. The van der Waals surface area contributed by atoms with Crippen LogP contribution in [-0.4, -0.2) is 25.0 Å². The molecule has 11 aromatic carbocycles. The van der Waals surface area contributed by atoms with Crippen molar-refractivity contribution in [2.75, 3.05) is 0 Å². The predicted molar refractivity (Wildman–Crippen MR) is 331 cm³/mol. The summed E-state index contributed by atoms with van der Waals surface area (Å²) in [5.41, 5.74) is 24.7. The third-order valence-electron chi connectivity index (χ3n) is 18.7. The Balaban J connectivity index is 0.897. The Morgan fingerprint density at radius 3 is 1.11 bits per heavy atom. The summed E-state index contributed by atoms with van der Waals surface area (Å²) in [7, 11) is 0. The molecule has 0 radical (unpaired) electrons. The number of hydrogen-bond acceptors (Lipinski definition) is 1. The minimum Gasteiger partial charge on any atom is -0.458 e. The predicted octanol–water partition coefficient (Wildman–Crippen LogP) is 16.8. The van der Waals surface area contributed by atoms with Crippen LogP contribution in [0.15, 0.2) is 218 Å². The Bertz CT molecular complexity index is 4790. The standard InChI is InChI=1S/C73H51BN4O/c1-41(2)46-33-57-42(3)44-21-27-55-59-37-47(75-63-17-9-5-13-51(63)52-14-6-10-18-64(52)75)23-29-67(59)77(69(55)35-44)49-25-31-71-61(39-49)74-62-40-50(26-32-72(62)79-71)78-68-30-24-48(76-65-19-11-7-15-53(65)54-16-8-12-20-66(54)76)38-60(68)56-28-22-45(36-70(56)78)43(4)58(34-46)73(57)74/h5-43H,1-4H3. The molecule has 372 valence electrons. The topological polar surface area (TPSA) is 28.9 Å². The van der Waals surface area contributed by atoms with E-state index in [1.54, 1.807) is 0 Å². The monoisotopic (exact) mass is 1010 g/mol. The molecule has 7 heterocycles. The smallest absolute Gasteiger partial charge is 0.251 e. The number of nitrogens with zero attached hydrogens (tertiary/aromatic N) is 4. The lowest BCUT2D eigenvalue weighted by Gasteiger charge is -2.33. The largest absolute Gasteiger partial charge is 0.458 e. The molecule has 79 heavy (non-hydrogen) atoms. The summed E-state index contributed by atoms with van der Waals surface area (Å²) in [6.45, 7) is 9.49. The number of fused-ring (bicyclic) bond motifs is 18. The highest BCUT2D eigenvalue weighted by atomic mass is 16.5. The molecule has 3 aliphatic heterocycles. The van der Waals surface area contributed by atoms with Crippen molar-refractivity contribution in [3.8, 4) is 34.2 Å². The SMILES string of the molecule is CC(C)c1cc2c3c(c1)C(C)c1ccc4c5cc(-n6c7ccccc7c7ccccc76)ccc5n(c4c1)-c1ccc4c(c1)B3c1cc(ccc1O4)-n1c3ccc(-n4c5ccccc5c5ccccc54)cc3c3ccc(cc31)C2C. The van der Waals surface area contributed by atoms with Crippen molar-refractivity contribution in [1.29, 1.82) is 0 Å². The summed E-state index contributed by atoms with van der Waals surface area (Å²) in [6.07, 6.45) is 0. The van der Waals surface area contributed by atoms with Crippen LogP contribution in [0.2, 0.25) is 0 Å². The third-order valence-corrected chi connectivity index (χ3v) is 18.7. The van der Waals surface area contributed by atoms with Crippen LogP contribution in [0.3, 0.4) is 0 Å². The lowest BCUT2D eigenvalue weighted by atomic mass is 9.33. The molecule has 0 amide bonds. The van der Waals surface area contributed by atoms with E-state index >= 15 is 0 Å². The molecule has 4 aromatic heterocycles. The highest BCUT2D eigenvalue weighted by molar-refractivity contribution is 6.97. The Kier molecular flexibility index (Phi) is 8.59. The molecule has 0 saturated heterocycles. The maximum absolute atomic E-state index is 7.20. The van der Waals surface area contributed by atoms with Gasteiger partial charge in [0.05, 0.1) is 44.1 Å². The minimum absolute atomic E-state index is 0.0761. The second kappa shape index (κ2) is 15.6. The van der Waals surface area contributed by atoms with E-state index in [4.69, 9.17) is 4.74 Å². The molecule has 0 aliphatic carbocycles. The third kappa shape index (κ3) is 5.80. The van der Waals surface area contributed by atoms with Gasteiger partial charge in [-0.3, -0.25) is 0 Å². The molecule has 0 spiro atoms. The highest BCUT2D eigenvalue weighted by Gasteiger charge is 2.40. The maximum Gasteiger partial charge on any atom is 0.251 e. The van der Waals surface area contributed by atoms with E-state index in [1.165, 1.54) is 131 Å². The zero-order valence-electron chi connectivity index (χ0n) is 44.3. The number of para-hydroxylation sites is 4. The van der Waals surface area contributed by atoms with Crippen LogP contribution >= 0.6 is 0 Å². The molecule has 8 bridgehead atoms. The molecule has 0 N–H and O–H groups in total. The first-order valence-corrected chi connectivity index (χ1v) is 28.1. The van der Waals surface area contributed by atoms with Gasteiger partial charge in [0.25, 0.3) is 6.71 Å². The van der Waals surface area contributed by atoms with Gasteiger partial charge >= 0.3 is 0 Å². The van der Waals surface area contributed by atoms with Gasteiger partial charge < -0.3 is 23.0 Å². The number of aromatic nitrogens is 4. The van der Waals surface area contributed by atoms with E-state index < -0.39 is 0 Å². The molecule has 5 nitrogen and oxygen atoms in total. The van der Waals surface area contributed by atoms with Crippen LogP contribution in [0, 0.1) is 0 Å². The fourth-order valence-corrected chi connectivity index (χ4v) is 14.9. The molecular weight excluding hydrogens is 960 g/mol. The summed E-state index contributed by atoms with van der Waals surface area (Å²) in [4.78, 5) is 0. The Morgan fingerprint density at radius 2 is 0.696 bits per heavy atom. The molecule has 2 unspecified atom stereocenters. The lowest BCUT2D eigenvalue weighted by Crippen LogP contribution is -2.57. The molecule has 0 saturated carbocycles. The molecule has 6 heteroatoms. The van der Waals surface area contributed by atoms with Gasteiger partial charge in [-0.15, -0.1) is 0 Å². The van der Waals surface area contributed by atoms with Crippen LogP contribution in [0.25, 0.3) is 110 Å². The van der Waals surface area contributed by atoms with Gasteiger partial charge in [0.2, 0.25) is 0 Å². The fourth-order valence-electron chi connectivity index (χ4n) is 14.9. The second-order valence-electron chi connectivity index (χ2n) is 23.1. The maximum atomic E-state index is 7.20. The van der Waals surface area contributed by atoms with Gasteiger partial charge in [-0.05, 0) is 154 Å². The van der Waals surface area contributed by atoms with E-state index in [9.17, 15) is 0 Å². The average molecular weight is 1010 g/mol. The number of hydrogen-bond donors (Lipinski definition) is 0. The zero-order valence-corrected chi connectivity index (χ0v) is 44.3. The van der Waals surface area contributed by atoms with E-state index in [0.29, 0.717) is 5.92 Å². The number of ether oxygens (including phenoxy) is 1. The first-order chi connectivity index (χ1) is 38.8. The summed E-state index contributed by atoms with van der Waals surface area (Å²) in [5.74, 6) is 2.30. The molecule has 18 rings (SSSR count). The van der Waals surface area contributed by atoms with Crippen molar-refractivity contribution in [1.82, 2.24) is 18.3 Å². The summed E-state index contributed by atoms with van der Waals surface area (Å²) < 4.78 is 17.1. The normalized spacial score (nSPS) is 15.3. The number of benzene rings is 11. The summed E-state index contributed by atoms with van der Waals surface area (Å²) in [5, 5.41) is 10.0. The first kappa shape index (κ1) is 43.6. The minimum atomic E-state index is -0.124. The lowest BCUT2D eigenvalue weighted by molar-refractivity contribution is 0.487. The quantitative estimate of drug-likeness (QED) is 0.162. The van der Waals surface area contributed by atoms with Crippen LogP contribution < -0.4 is 21.1 Å². The Hall–Kier alpha value is -9.52. The van der Waals surface area contributed by atoms with Crippen molar-refractivity contribution < 1.29 is 4.74 Å². The molecule has 0 fully saturated rings. The molecular formula is C73H51BN4O. The van der Waals surface area contributed by atoms with Gasteiger partial charge in [0, 0.05) is 77.7 Å². The Labute approximate surface area is 456 Å². The Morgan fingerprint density at radius 1 is 0.342 bits per heavy atom. The average Bonchev–Trinajstić information content (AvgIpc) is 4.44. The van der Waals surface area contributed by atoms with Crippen molar-refractivity contribution in [2.45, 2.75) is 45.4 Å². The van der Waals surface area contributed by atoms with Crippen LogP contribution in [0.1, 0.15) is 73.3 Å². The summed E-state index contributed by atoms with van der Waals surface area (Å²) >= 11 is 0. The van der Waals surface area contributed by atoms with Gasteiger partial charge in [0.1, 0.15) is 11.5 Å². The van der Waals surface area contributed by atoms with E-state index in [1.807, 2.05) is 0 Å². The fraction of sp³-hybridized carbons (Fsp3) is 0.0959. The van der Waals surface area contributed by atoms with Crippen molar-refractivity contribution in [2.24, 2.45) is 0 Å².